The largest absolute Gasteiger partial charge is 0.481 e. The summed E-state index contributed by atoms with van der Waals surface area (Å²) in [6, 6.07) is 15.9. The fourth-order valence-corrected chi connectivity index (χ4v) is 3.36. The third-order valence-electron chi connectivity index (χ3n) is 5.26. The second-order valence-corrected chi connectivity index (χ2v) is 8.04. The van der Waals surface area contributed by atoms with Crippen molar-refractivity contribution in [1.82, 2.24) is 10.3 Å². The van der Waals surface area contributed by atoms with Gasteiger partial charge in [-0.1, -0.05) is 30.7 Å². The molecule has 3 N–H and O–H groups in total. The molecule has 3 rings (SSSR count). The van der Waals surface area contributed by atoms with E-state index in [0.717, 1.165) is 36.0 Å². The first-order valence-electron chi connectivity index (χ1n) is 10.6. The van der Waals surface area contributed by atoms with E-state index in [1.54, 1.807) is 12.1 Å². The van der Waals surface area contributed by atoms with Gasteiger partial charge in [0, 0.05) is 24.0 Å². The second kappa shape index (κ2) is 10.6. The van der Waals surface area contributed by atoms with Crippen molar-refractivity contribution in [3.05, 3.63) is 71.4 Å². The molecule has 0 aliphatic heterocycles. The lowest BCUT2D eigenvalue weighted by Gasteiger charge is -2.14. The molecule has 1 amide bonds. The molecule has 0 radical (unpaired) electrons. The molecule has 1 atom stereocenters. The minimum absolute atomic E-state index is 0.0787. The summed E-state index contributed by atoms with van der Waals surface area (Å²) in [5, 5.41) is 15.9. The summed E-state index contributed by atoms with van der Waals surface area (Å²) in [7, 11) is 0. The molecule has 1 unspecified atom stereocenters. The Bertz CT molecular complexity index is 1050. The predicted molar refractivity (Wildman–Crippen MR) is 123 cm³/mol. The third-order valence-corrected chi connectivity index (χ3v) is 5.26. The highest BCUT2D eigenvalue weighted by Gasteiger charge is 2.08. The monoisotopic (exact) mass is 419 g/mol. The van der Waals surface area contributed by atoms with Gasteiger partial charge in [0.05, 0.1) is 23.8 Å². The van der Waals surface area contributed by atoms with Crippen LogP contribution in [0.2, 0.25) is 0 Å². The van der Waals surface area contributed by atoms with Crippen molar-refractivity contribution in [3.8, 4) is 0 Å². The number of hydrogen-bond donors (Lipinski definition) is 3. The Balaban J connectivity index is 1.44. The summed E-state index contributed by atoms with van der Waals surface area (Å²) in [6.45, 7) is 5.30. The number of hydrogen-bond acceptors (Lipinski definition) is 4. The van der Waals surface area contributed by atoms with Gasteiger partial charge >= 0.3 is 5.97 Å². The molecular formula is C25H29N3O3. The number of aryl methyl sites for hydroxylation is 2. The van der Waals surface area contributed by atoms with Crippen LogP contribution in [0.25, 0.3) is 10.9 Å². The van der Waals surface area contributed by atoms with Crippen molar-refractivity contribution < 1.29 is 14.7 Å². The molecule has 31 heavy (non-hydrogen) atoms. The Kier molecular flexibility index (Phi) is 7.60. The van der Waals surface area contributed by atoms with E-state index in [1.165, 1.54) is 11.1 Å². The van der Waals surface area contributed by atoms with Crippen LogP contribution in [0.3, 0.4) is 0 Å². The lowest BCUT2D eigenvalue weighted by Crippen LogP contribution is -2.25. The Morgan fingerprint density at radius 3 is 2.61 bits per heavy atom. The normalized spacial score (nSPS) is 11.8. The second-order valence-electron chi connectivity index (χ2n) is 8.04. The van der Waals surface area contributed by atoms with E-state index in [-0.39, 0.29) is 18.9 Å². The number of aliphatic carboxylic acids is 1. The number of fused-ring (bicyclic) bond motifs is 1. The number of anilines is 1. The van der Waals surface area contributed by atoms with Crippen LogP contribution in [0, 0.1) is 12.8 Å². The fourth-order valence-electron chi connectivity index (χ4n) is 3.36. The Hall–Kier alpha value is -3.41. The summed E-state index contributed by atoms with van der Waals surface area (Å²) >= 11 is 0. The molecule has 162 valence electrons. The van der Waals surface area contributed by atoms with Gasteiger partial charge < -0.3 is 15.7 Å². The summed E-state index contributed by atoms with van der Waals surface area (Å²) in [6.07, 6.45) is 3.76. The molecule has 0 spiro atoms. The van der Waals surface area contributed by atoms with Crippen LogP contribution in [0.4, 0.5) is 5.69 Å². The summed E-state index contributed by atoms with van der Waals surface area (Å²) in [5.74, 6) is -0.692. The zero-order valence-corrected chi connectivity index (χ0v) is 18.0. The van der Waals surface area contributed by atoms with Crippen LogP contribution < -0.4 is 10.6 Å². The van der Waals surface area contributed by atoms with Gasteiger partial charge in [0.2, 0.25) is 0 Å². The zero-order valence-electron chi connectivity index (χ0n) is 18.0. The summed E-state index contributed by atoms with van der Waals surface area (Å²) in [4.78, 5) is 27.0. The van der Waals surface area contributed by atoms with Crippen LogP contribution in [-0.4, -0.2) is 35.1 Å². The smallest absolute Gasteiger partial charge is 0.305 e. The maximum absolute atomic E-state index is 12.0. The van der Waals surface area contributed by atoms with Crippen molar-refractivity contribution >= 4 is 28.5 Å². The van der Waals surface area contributed by atoms with E-state index in [4.69, 9.17) is 5.11 Å². The number of aromatic nitrogens is 1. The maximum Gasteiger partial charge on any atom is 0.305 e. The highest BCUT2D eigenvalue weighted by molar-refractivity contribution is 5.94. The van der Waals surface area contributed by atoms with E-state index < -0.39 is 5.97 Å². The minimum Gasteiger partial charge on any atom is -0.481 e. The molecule has 1 aromatic heterocycles. The van der Waals surface area contributed by atoms with Gasteiger partial charge in [-0.15, -0.1) is 0 Å². The van der Waals surface area contributed by atoms with Gasteiger partial charge in [0.25, 0.3) is 5.91 Å². The van der Waals surface area contributed by atoms with E-state index in [9.17, 15) is 9.59 Å². The number of pyridine rings is 1. The number of nitrogens with zero attached hydrogens (tertiary/aromatic N) is 1. The maximum atomic E-state index is 12.0. The number of carbonyl (C=O) groups excluding carboxylic acids is 1. The van der Waals surface area contributed by atoms with Crippen LogP contribution in [-0.2, 0) is 11.2 Å². The van der Waals surface area contributed by atoms with Crippen molar-refractivity contribution in [2.45, 2.75) is 33.1 Å². The van der Waals surface area contributed by atoms with E-state index >= 15 is 0 Å². The van der Waals surface area contributed by atoms with E-state index in [1.807, 2.05) is 24.4 Å². The number of carbonyl (C=O) groups is 2. The molecule has 1 heterocycles. The van der Waals surface area contributed by atoms with Crippen molar-refractivity contribution in [1.29, 1.82) is 0 Å². The number of carboxylic acids is 1. The van der Waals surface area contributed by atoms with Gasteiger partial charge in [-0.2, -0.15) is 0 Å². The highest BCUT2D eigenvalue weighted by Crippen LogP contribution is 2.19. The van der Waals surface area contributed by atoms with Gasteiger partial charge in [-0.25, -0.2) is 0 Å². The van der Waals surface area contributed by atoms with Crippen LogP contribution in [0.1, 0.15) is 41.3 Å². The Morgan fingerprint density at radius 2 is 1.87 bits per heavy atom. The lowest BCUT2D eigenvalue weighted by atomic mass is 10.00. The molecule has 2 aromatic carbocycles. The van der Waals surface area contributed by atoms with E-state index in [2.05, 4.69) is 47.7 Å². The fraction of sp³-hybridized carbons (Fsp3) is 0.320. The van der Waals surface area contributed by atoms with E-state index in [0.29, 0.717) is 11.5 Å². The molecule has 0 fully saturated rings. The summed E-state index contributed by atoms with van der Waals surface area (Å²) in [5.41, 5.74) is 4.98. The van der Waals surface area contributed by atoms with Gasteiger partial charge in [-0.3, -0.25) is 14.6 Å². The quantitative estimate of drug-likeness (QED) is 0.452. The molecule has 3 aromatic rings. The van der Waals surface area contributed by atoms with Crippen molar-refractivity contribution in [3.63, 3.8) is 0 Å². The number of amides is 1. The molecule has 0 bridgehead atoms. The van der Waals surface area contributed by atoms with Crippen LogP contribution in [0.5, 0.6) is 0 Å². The van der Waals surface area contributed by atoms with Gasteiger partial charge in [-0.05, 0) is 61.6 Å². The minimum atomic E-state index is -0.925. The molecular weight excluding hydrogens is 390 g/mol. The van der Waals surface area contributed by atoms with Crippen molar-refractivity contribution in [2.24, 2.45) is 5.92 Å². The SMILES string of the molecule is Cc1ccc2ncc(NCC(C)CCc3ccc(C(=O)NCCC(=O)O)cc3)cc2c1. The first-order chi connectivity index (χ1) is 14.9. The lowest BCUT2D eigenvalue weighted by molar-refractivity contribution is -0.136. The van der Waals surface area contributed by atoms with Gasteiger partial charge in [0.1, 0.15) is 0 Å². The predicted octanol–water partition coefficient (Wildman–Crippen LogP) is 4.43. The Labute approximate surface area is 182 Å². The molecule has 6 nitrogen and oxygen atoms in total. The number of nitrogens with one attached hydrogen (secondary N) is 2. The van der Waals surface area contributed by atoms with Gasteiger partial charge in [0.15, 0.2) is 0 Å². The number of rotatable bonds is 10. The Morgan fingerprint density at radius 1 is 1.10 bits per heavy atom. The first kappa shape index (κ1) is 22.3. The average Bonchev–Trinajstić information content (AvgIpc) is 2.76. The molecule has 0 saturated carbocycles. The van der Waals surface area contributed by atoms with Crippen LogP contribution >= 0.6 is 0 Å². The standard InChI is InChI=1S/C25H29N3O3/c1-17-4-10-23-21(13-17)14-22(16-28-23)27-15-18(2)3-5-19-6-8-20(9-7-19)25(31)26-12-11-24(29)30/h4,6-10,13-14,16,18,27H,3,5,11-12,15H2,1-2H3,(H,26,31)(H,29,30). The number of carboxylic acid groups (broad SMARTS) is 1. The zero-order chi connectivity index (χ0) is 22.2. The average molecular weight is 420 g/mol. The molecule has 0 aliphatic rings. The van der Waals surface area contributed by atoms with Crippen molar-refractivity contribution in [2.75, 3.05) is 18.4 Å². The first-order valence-corrected chi connectivity index (χ1v) is 10.6. The van der Waals surface area contributed by atoms with Crippen LogP contribution in [0.15, 0.2) is 54.7 Å². The third kappa shape index (κ3) is 6.81. The topological polar surface area (TPSA) is 91.3 Å². The molecule has 0 aliphatic carbocycles. The highest BCUT2D eigenvalue weighted by atomic mass is 16.4. The summed E-state index contributed by atoms with van der Waals surface area (Å²) < 4.78 is 0. The molecule has 0 saturated heterocycles. The molecule has 6 heteroatoms. The number of benzene rings is 2.